The van der Waals surface area contributed by atoms with Crippen molar-refractivity contribution in [1.82, 2.24) is 0 Å². The van der Waals surface area contributed by atoms with Crippen molar-refractivity contribution in [3.05, 3.63) is 0 Å². The van der Waals surface area contributed by atoms with Crippen LogP contribution in [0.25, 0.3) is 0 Å². The number of rotatable bonds is 6. The van der Waals surface area contributed by atoms with Crippen LogP contribution in [0.3, 0.4) is 0 Å². The summed E-state index contributed by atoms with van der Waals surface area (Å²) in [5.41, 5.74) is 0. The van der Waals surface area contributed by atoms with Gasteiger partial charge in [-0.15, -0.1) is 0 Å². The van der Waals surface area contributed by atoms with E-state index in [1.807, 2.05) is 0 Å². The molecule has 0 radical (unpaired) electrons. The van der Waals surface area contributed by atoms with Crippen molar-refractivity contribution < 1.29 is 4.39 Å². The topological polar surface area (TPSA) is 0 Å². The summed E-state index contributed by atoms with van der Waals surface area (Å²) in [6, 6.07) is 0. The summed E-state index contributed by atoms with van der Waals surface area (Å²) >= 11 is 0. The van der Waals surface area contributed by atoms with Crippen molar-refractivity contribution in [2.75, 3.05) is 0 Å². The van der Waals surface area contributed by atoms with E-state index in [9.17, 15) is 4.39 Å². The molecule has 4 fully saturated rings. The third-order valence-electron chi connectivity index (χ3n) is 11.1. The molecule has 0 N–H and O–H groups in total. The highest BCUT2D eigenvalue weighted by Crippen LogP contribution is 2.49. The van der Waals surface area contributed by atoms with E-state index in [2.05, 4.69) is 20.8 Å². The van der Waals surface area contributed by atoms with Gasteiger partial charge in [-0.25, -0.2) is 4.39 Å². The molecule has 0 bridgehead atoms. The second kappa shape index (κ2) is 11.4. The summed E-state index contributed by atoms with van der Waals surface area (Å²) in [4.78, 5) is 0. The first-order chi connectivity index (χ1) is 15.1. The lowest BCUT2D eigenvalue weighted by molar-refractivity contribution is 0.0187. The molecule has 1 heteroatoms. The summed E-state index contributed by atoms with van der Waals surface area (Å²) in [6.07, 6.45) is 24.2. The second-order valence-corrected chi connectivity index (χ2v) is 12.8. The Morgan fingerprint density at radius 1 is 0.581 bits per heavy atom. The number of alkyl halides is 1. The summed E-state index contributed by atoms with van der Waals surface area (Å²) in [5.74, 6) is 7.32. The van der Waals surface area contributed by atoms with Crippen LogP contribution in [0, 0.1) is 53.3 Å². The second-order valence-electron chi connectivity index (χ2n) is 12.8. The van der Waals surface area contributed by atoms with Gasteiger partial charge in [-0.3, -0.25) is 0 Å². The molecule has 31 heavy (non-hydrogen) atoms. The van der Waals surface area contributed by atoms with E-state index in [4.69, 9.17) is 0 Å². The molecule has 0 nitrogen and oxygen atoms in total. The van der Waals surface area contributed by atoms with Crippen molar-refractivity contribution in [3.8, 4) is 0 Å². The molecule has 0 aliphatic heterocycles. The van der Waals surface area contributed by atoms with Crippen molar-refractivity contribution >= 4 is 0 Å². The number of halogens is 1. The predicted molar refractivity (Wildman–Crippen MR) is 132 cm³/mol. The molecule has 0 aromatic rings. The molecule has 0 saturated heterocycles. The SMILES string of the molecule is CCCCC1CCC(C2CCC(C3CCC(C4CCC(C)C(F)C4C)CC3)CC2)CC1. The van der Waals surface area contributed by atoms with Crippen LogP contribution < -0.4 is 0 Å². The molecule has 0 aromatic heterocycles. The molecular formula is C30H53F. The molecule has 4 aliphatic carbocycles. The molecule has 4 rings (SSSR count). The number of unbranched alkanes of at least 4 members (excludes halogenated alkanes) is 1. The quantitative estimate of drug-likeness (QED) is 0.392. The molecule has 4 aliphatic rings. The van der Waals surface area contributed by atoms with Crippen LogP contribution in [-0.2, 0) is 0 Å². The zero-order chi connectivity index (χ0) is 21.8. The van der Waals surface area contributed by atoms with Gasteiger partial charge in [0.05, 0.1) is 0 Å². The minimum absolute atomic E-state index is 0.296. The summed E-state index contributed by atoms with van der Waals surface area (Å²) in [5, 5.41) is 0. The fourth-order valence-electron chi connectivity index (χ4n) is 8.87. The average molecular weight is 433 g/mol. The van der Waals surface area contributed by atoms with E-state index in [1.54, 1.807) is 12.8 Å². The van der Waals surface area contributed by atoms with E-state index in [0.29, 0.717) is 17.8 Å². The Hall–Kier alpha value is -0.0700. The average Bonchev–Trinajstić information content (AvgIpc) is 2.82. The molecule has 0 heterocycles. The maximum absolute atomic E-state index is 14.6. The van der Waals surface area contributed by atoms with E-state index in [1.165, 1.54) is 89.9 Å². The van der Waals surface area contributed by atoms with Crippen LogP contribution in [-0.4, -0.2) is 6.17 Å². The maximum atomic E-state index is 14.6. The first-order valence-electron chi connectivity index (χ1n) is 14.7. The Labute approximate surface area is 193 Å². The van der Waals surface area contributed by atoms with Gasteiger partial charge in [-0.2, -0.15) is 0 Å². The van der Waals surface area contributed by atoms with Crippen LogP contribution in [0.2, 0.25) is 0 Å². The molecule has 4 atom stereocenters. The minimum Gasteiger partial charge on any atom is -0.247 e. The fourth-order valence-corrected chi connectivity index (χ4v) is 8.87. The summed E-state index contributed by atoms with van der Waals surface area (Å²) in [6.45, 7) is 6.69. The minimum atomic E-state index is -0.548. The monoisotopic (exact) mass is 432 g/mol. The molecule has 0 aromatic carbocycles. The Balaban J connectivity index is 1.16. The van der Waals surface area contributed by atoms with Crippen LogP contribution in [0.1, 0.15) is 130 Å². The lowest BCUT2D eigenvalue weighted by atomic mass is 9.61. The van der Waals surface area contributed by atoms with Crippen LogP contribution in [0.15, 0.2) is 0 Å². The zero-order valence-electron chi connectivity index (χ0n) is 21.2. The fraction of sp³-hybridized carbons (Fsp3) is 1.00. The van der Waals surface area contributed by atoms with Gasteiger partial charge in [-0.05, 0) is 130 Å². The van der Waals surface area contributed by atoms with E-state index >= 15 is 0 Å². The summed E-state index contributed by atoms with van der Waals surface area (Å²) < 4.78 is 14.6. The van der Waals surface area contributed by atoms with Gasteiger partial charge in [0.15, 0.2) is 0 Å². The highest BCUT2D eigenvalue weighted by molar-refractivity contribution is 4.91. The standard InChI is InChI=1S/C30H53F/c1-4-5-6-23-8-10-24(11-9-23)25-12-14-26(15-13-25)27-16-18-28(19-17-27)29-20-7-21(2)30(31)22(29)3/h21-30H,4-20H2,1-3H3. The van der Waals surface area contributed by atoms with E-state index in [-0.39, 0.29) is 0 Å². The smallest absolute Gasteiger partial charge is 0.105 e. The molecule has 0 amide bonds. The van der Waals surface area contributed by atoms with Crippen molar-refractivity contribution in [3.63, 3.8) is 0 Å². The van der Waals surface area contributed by atoms with E-state index in [0.717, 1.165) is 41.9 Å². The lowest BCUT2D eigenvalue weighted by Crippen LogP contribution is -2.38. The normalized spacial score (nSPS) is 47.2. The Bertz CT molecular complexity index is 505. The van der Waals surface area contributed by atoms with Gasteiger partial charge >= 0.3 is 0 Å². The van der Waals surface area contributed by atoms with Crippen LogP contribution >= 0.6 is 0 Å². The molecule has 4 unspecified atom stereocenters. The molecular weight excluding hydrogens is 379 g/mol. The lowest BCUT2D eigenvalue weighted by Gasteiger charge is -2.45. The largest absolute Gasteiger partial charge is 0.247 e. The molecule has 180 valence electrons. The van der Waals surface area contributed by atoms with Crippen molar-refractivity contribution in [2.24, 2.45) is 53.3 Å². The van der Waals surface area contributed by atoms with Gasteiger partial charge < -0.3 is 0 Å². The Morgan fingerprint density at radius 3 is 1.52 bits per heavy atom. The molecule has 0 spiro atoms. The number of hydrogen-bond acceptors (Lipinski definition) is 0. The Kier molecular flexibility index (Phi) is 8.83. The van der Waals surface area contributed by atoms with Gasteiger partial charge in [0.1, 0.15) is 6.17 Å². The van der Waals surface area contributed by atoms with E-state index < -0.39 is 6.17 Å². The van der Waals surface area contributed by atoms with Crippen LogP contribution in [0.4, 0.5) is 4.39 Å². The molecule has 4 saturated carbocycles. The third-order valence-corrected chi connectivity index (χ3v) is 11.1. The van der Waals surface area contributed by atoms with Crippen LogP contribution in [0.5, 0.6) is 0 Å². The summed E-state index contributed by atoms with van der Waals surface area (Å²) in [7, 11) is 0. The zero-order valence-corrected chi connectivity index (χ0v) is 21.2. The van der Waals surface area contributed by atoms with Gasteiger partial charge in [0.25, 0.3) is 0 Å². The van der Waals surface area contributed by atoms with Gasteiger partial charge in [-0.1, -0.05) is 52.9 Å². The highest BCUT2D eigenvalue weighted by atomic mass is 19.1. The highest BCUT2D eigenvalue weighted by Gasteiger charge is 2.41. The first kappa shape index (κ1) is 24.1. The predicted octanol–water partition coefficient (Wildman–Crippen LogP) is 9.62. The third kappa shape index (κ3) is 5.90. The van der Waals surface area contributed by atoms with Crippen molar-refractivity contribution in [2.45, 2.75) is 136 Å². The number of hydrogen-bond donors (Lipinski definition) is 0. The van der Waals surface area contributed by atoms with Gasteiger partial charge in [0.2, 0.25) is 0 Å². The first-order valence-corrected chi connectivity index (χ1v) is 14.7. The van der Waals surface area contributed by atoms with Crippen molar-refractivity contribution in [1.29, 1.82) is 0 Å². The Morgan fingerprint density at radius 2 is 1.03 bits per heavy atom. The van der Waals surface area contributed by atoms with Gasteiger partial charge in [0, 0.05) is 0 Å². The maximum Gasteiger partial charge on any atom is 0.105 e.